The Bertz CT molecular complexity index is 687. The van der Waals surface area contributed by atoms with Gasteiger partial charge in [0.05, 0.1) is 6.04 Å². The summed E-state index contributed by atoms with van der Waals surface area (Å²) in [5.74, 6) is 0. The monoisotopic (exact) mass is 262 g/mol. The number of pyridine rings is 1. The molecule has 0 aliphatic heterocycles. The minimum absolute atomic E-state index is 0.215. The Kier molecular flexibility index (Phi) is 3.75. The molecule has 0 amide bonds. The smallest absolute Gasteiger partial charge is 0.0582 e. The second-order valence-electron chi connectivity index (χ2n) is 4.85. The third-order valence-corrected chi connectivity index (χ3v) is 3.57. The number of nitrogens with one attached hydrogen (secondary N) is 1. The minimum atomic E-state index is 0.215. The van der Waals surface area contributed by atoms with Gasteiger partial charge in [0.25, 0.3) is 0 Å². The summed E-state index contributed by atoms with van der Waals surface area (Å²) in [5.41, 5.74) is 2.59. The van der Waals surface area contributed by atoms with Crippen molar-refractivity contribution in [2.24, 2.45) is 0 Å². The van der Waals surface area contributed by atoms with Crippen LogP contribution in [-0.2, 0) is 0 Å². The summed E-state index contributed by atoms with van der Waals surface area (Å²) in [6.07, 6.45) is 3.78. The predicted octanol–water partition coefficient (Wildman–Crippen LogP) is 3.93. The van der Waals surface area contributed by atoms with Gasteiger partial charge in [0.1, 0.15) is 0 Å². The van der Waals surface area contributed by atoms with Crippen LogP contribution in [0.4, 0.5) is 0 Å². The van der Waals surface area contributed by atoms with Crippen LogP contribution >= 0.6 is 0 Å². The first-order chi connectivity index (χ1) is 9.90. The number of benzene rings is 2. The van der Waals surface area contributed by atoms with Gasteiger partial charge in [-0.25, -0.2) is 0 Å². The molecule has 1 N–H and O–H groups in total. The predicted molar refractivity (Wildman–Crippen MR) is 83.7 cm³/mol. The van der Waals surface area contributed by atoms with E-state index < -0.39 is 0 Å². The van der Waals surface area contributed by atoms with Gasteiger partial charge < -0.3 is 5.32 Å². The van der Waals surface area contributed by atoms with E-state index in [1.54, 1.807) is 0 Å². The highest BCUT2D eigenvalue weighted by Crippen LogP contribution is 2.28. The maximum absolute atomic E-state index is 4.21. The molecule has 0 saturated carbocycles. The van der Waals surface area contributed by atoms with Crippen LogP contribution in [0.2, 0.25) is 0 Å². The lowest BCUT2D eigenvalue weighted by atomic mass is 9.94. The van der Waals surface area contributed by atoms with E-state index in [9.17, 15) is 0 Å². The molecular weight excluding hydrogens is 244 g/mol. The fourth-order valence-corrected chi connectivity index (χ4v) is 2.66. The van der Waals surface area contributed by atoms with Gasteiger partial charge in [-0.3, -0.25) is 4.98 Å². The highest BCUT2D eigenvalue weighted by atomic mass is 14.9. The second-order valence-corrected chi connectivity index (χ2v) is 4.85. The molecule has 100 valence electrons. The van der Waals surface area contributed by atoms with Crippen molar-refractivity contribution in [3.8, 4) is 0 Å². The van der Waals surface area contributed by atoms with Gasteiger partial charge in [0, 0.05) is 17.8 Å². The van der Waals surface area contributed by atoms with Crippen molar-refractivity contribution in [2.75, 3.05) is 6.54 Å². The van der Waals surface area contributed by atoms with Crippen LogP contribution in [0, 0.1) is 0 Å². The molecular formula is C18H18N2. The number of nitrogens with zero attached hydrogens (tertiary/aromatic N) is 1. The number of rotatable bonds is 4. The topological polar surface area (TPSA) is 24.9 Å². The van der Waals surface area contributed by atoms with Crippen LogP contribution in [0.5, 0.6) is 0 Å². The summed E-state index contributed by atoms with van der Waals surface area (Å²) in [7, 11) is 0. The van der Waals surface area contributed by atoms with E-state index in [0.717, 1.165) is 6.54 Å². The van der Waals surface area contributed by atoms with E-state index in [2.05, 4.69) is 71.8 Å². The molecule has 3 aromatic rings. The summed E-state index contributed by atoms with van der Waals surface area (Å²) in [5, 5.41) is 6.03. The van der Waals surface area contributed by atoms with Crippen LogP contribution in [-0.4, -0.2) is 11.5 Å². The van der Waals surface area contributed by atoms with Crippen LogP contribution in [0.1, 0.15) is 24.1 Å². The molecule has 1 aromatic heterocycles. The maximum atomic E-state index is 4.21. The van der Waals surface area contributed by atoms with Crippen LogP contribution in [0.3, 0.4) is 0 Å². The number of hydrogen-bond donors (Lipinski definition) is 1. The summed E-state index contributed by atoms with van der Waals surface area (Å²) in [6.45, 7) is 3.07. The number of hydrogen-bond acceptors (Lipinski definition) is 2. The summed E-state index contributed by atoms with van der Waals surface area (Å²) >= 11 is 0. The van der Waals surface area contributed by atoms with Gasteiger partial charge in [-0.2, -0.15) is 0 Å². The molecule has 1 atom stereocenters. The third kappa shape index (κ3) is 2.43. The van der Waals surface area contributed by atoms with Gasteiger partial charge in [-0.15, -0.1) is 0 Å². The average molecular weight is 262 g/mol. The Morgan fingerprint density at radius 1 is 1.00 bits per heavy atom. The molecule has 20 heavy (non-hydrogen) atoms. The van der Waals surface area contributed by atoms with E-state index >= 15 is 0 Å². The number of aromatic nitrogens is 1. The first-order valence-electron chi connectivity index (χ1n) is 7.01. The van der Waals surface area contributed by atoms with Crippen molar-refractivity contribution in [3.05, 3.63) is 78.1 Å². The summed E-state index contributed by atoms with van der Waals surface area (Å²) < 4.78 is 0. The molecule has 3 rings (SSSR count). The molecule has 0 radical (unpaired) electrons. The molecule has 0 aliphatic rings. The Balaban J connectivity index is 2.15. The highest BCUT2D eigenvalue weighted by Gasteiger charge is 2.14. The molecule has 0 aliphatic carbocycles. The van der Waals surface area contributed by atoms with E-state index in [-0.39, 0.29) is 6.04 Å². The van der Waals surface area contributed by atoms with E-state index in [0.29, 0.717) is 0 Å². The molecule has 0 fully saturated rings. The molecule has 2 aromatic carbocycles. The quantitative estimate of drug-likeness (QED) is 0.770. The van der Waals surface area contributed by atoms with Crippen LogP contribution in [0.25, 0.3) is 10.8 Å². The Morgan fingerprint density at radius 3 is 2.65 bits per heavy atom. The highest BCUT2D eigenvalue weighted by molar-refractivity contribution is 5.85. The molecule has 0 bridgehead atoms. The van der Waals surface area contributed by atoms with Gasteiger partial charge in [0.15, 0.2) is 0 Å². The fraction of sp³-hybridized carbons (Fsp3) is 0.167. The van der Waals surface area contributed by atoms with E-state index in [1.165, 1.54) is 21.9 Å². The Morgan fingerprint density at radius 2 is 1.85 bits per heavy atom. The zero-order valence-electron chi connectivity index (χ0n) is 11.6. The van der Waals surface area contributed by atoms with Crippen LogP contribution in [0.15, 0.2) is 67.0 Å². The largest absolute Gasteiger partial charge is 0.307 e. The summed E-state index contributed by atoms with van der Waals surface area (Å²) in [6, 6.07) is 19.3. The molecule has 2 heteroatoms. The lowest BCUT2D eigenvalue weighted by Gasteiger charge is -2.20. The van der Waals surface area contributed by atoms with Gasteiger partial charge in [-0.1, -0.05) is 55.5 Å². The van der Waals surface area contributed by atoms with Gasteiger partial charge in [0.2, 0.25) is 0 Å². The first-order valence-corrected chi connectivity index (χ1v) is 7.01. The lowest BCUT2D eigenvalue weighted by molar-refractivity contribution is 0.634. The van der Waals surface area contributed by atoms with Gasteiger partial charge in [-0.05, 0) is 29.1 Å². The molecule has 2 nitrogen and oxygen atoms in total. The maximum Gasteiger partial charge on any atom is 0.0582 e. The molecule has 1 unspecified atom stereocenters. The van der Waals surface area contributed by atoms with Crippen molar-refractivity contribution in [1.82, 2.24) is 10.3 Å². The SMILES string of the molecule is CCNC(c1ccccc1)c1cccc2cnccc12. The normalized spacial score (nSPS) is 12.4. The van der Waals surface area contributed by atoms with Crippen LogP contribution < -0.4 is 5.32 Å². The van der Waals surface area contributed by atoms with Gasteiger partial charge >= 0.3 is 0 Å². The summed E-state index contributed by atoms with van der Waals surface area (Å²) in [4.78, 5) is 4.21. The lowest BCUT2D eigenvalue weighted by Crippen LogP contribution is -2.22. The molecule has 0 saturated heterocycles. The second kappa shape index (κ2) is 5.85. The Hall–Kier alpha value is -2.19. The minimum Gasteiger partial charge on any atom is -0.307 e. The average Bonchev–Trinajstić information content (AvgIpc) is 2.53. The van der Waals surface area contributed by atoms with Crippen molar-refractivity contribution < 1.29 is 0 Å². The fourth-order valence-electron chi connectivity index (χ4n) is 2.66. The standard InChI is InChI=1S/C18H18N2/c1-2-20-18(14-7-4-3-5-8-14)17-10-6-9-15-13-19-12-11-16(15)17/h3-13,18,20H,2H2,1H3. The van der Waals surface area contributed by atoms with E-state index in [1.807, 2.05) is 12.4 Å². The number of fused-ring (bicyclic) bond motifs is 1. The first kappa shape index (κ1) is 12.8. The van der Waals surface area contributed by atoms with Crippen molar-refractivity contribution >= 4 is 10.8 Å². The molecule has 0 spiro atoms. The van der Waals surface area contributed by atoms with Crippen molar-refractivity contribution in [3.63, 3.8) is 0 Å². The third-order valence-electron chi connectivity index (χ3n) is 3.57. The zero-order chi connectivity index (χ0) is 13.8. The Labute approximate surface area is 119 Å². The van der Waals surface area contributed by atoms with E-state index in [4.69, 9.17) is 0 Å². The van der Waals surface area contributed by atoms with Crippen molar-refractivity contribution in [2.45, 2.75) is 13.0 Å². The molecule has 1 heterocycles. The van der Waals surface area contributed by atoms with Crippen molar-refractivity contribution in [1.29, 1.82) is 0 Å². The zero-order valence-corrected chi connectivity index (χ0v) is 11.6.